The van der Waals surface area contributed by atoms with E-state index in [4.69, 9.17) is 10.5 Å². The Labute approximate surface area is 221 Å². The highest BCUT2D eigenvalue weighted by atomic mass is 32.2. The summed E-state index contributed by atoms with van der Waals surface area (Å²) in [5.41, 5.74) is 6.40. The molecule has 0 saturated carbocycles. The number of carbonyl (C=O) groups is 1. The van der Waals surface area contributed by atoms with Crippen LogP contribution in [0.2, 0.25) is 0 Å². The number of urea groups is 1. The minimum atomic E-state index is -3.12. The van der Waals surface area contributed by atoms with Crippen molar-refractivity contribution < 1.29 is 26.4 Å². The van der Waals surface area contributed by atoms with Gasteiger partial charge in [0.05, 0.1) is 29.6 Å². The third-order valence-electron chi connectivity index (χ3n) is 7.21. The van der Waals surface area contributed by atoms with Gasteiger partial charge >= 0.3 is 6.03 Å². The predicted octanol–water partition coefficient (Wildman–Crippen LogP) is 1.61. The second-order valence-electron chi connectivity index (χ2n) is 9.95. The van der Waals surface area contributed by atoms with Crippen LogP contribution >= 0.6 is 0 Å². The van der Waals surface area contributed by atoms with Crippen molar-refractivity contribution in [3.8, 4) is 5.75 Å². The summed E-state index contributed by atoms with van der Waals surface area (Å²) in [7, 11) is -6.17. The summed E-state index contributed by atoms with van der Waals surface area (Å²) in [4.78, 5) is 19.3. The number of nitrogens with two attached hydrogens (primary N) is 1. The topological polar surface area (TPSA) is 130 Å². The highest BCUT2D eigenvalue weighted by Gasteiger charge is 2.34. The molecule has 1 aromatic carbocycles. The Balaban J connectivity index is 1.63. The first-order valence-corrected chi connectivity index (χ1v) is 16.9. The zero-order valence-electron chi connectivity index (χ0n) is 22.0. The lowest BCUT2D eigenvalue weighted by Crippen LogP contribution is -2.52. The Bertz CT molecular complexity index is 1080. The average Bonchev–Trinajstić information content (AvgIpc) is 3.06. The van der Waals surface area contributed by atoms with Crippen LogP contribution in [0.25, 0.3) is 0 Å². The maximum absolute atomic E-state index is 13.3. The van der Waals surface area contributed by atoms with E-state index in [1.165, 1.54) is 0 Å². The molecular formula is C25H42N4O6S2. The van der Waals surface area contributed by atoms with E-state index in [0.29, 0.717) is 37.8 Å². The highest BCUT2D eigenvalue weighted by Crippen LogP contribution is 2.28. The third-order valence-corrected chi connectivity index (χ3v) is 10.6. The summed E-state index contributed by atoms with van der Waals surface area (Å²) < 4.78 is 53.0. The second-order valence-corrected chi connectivity index (χ2v) is 14.6. The molecule has 0 aliphatic carbocycles. The first kappa shape index (κ1) is 29.5. The number of benzene rings is 1. The lowest BCUT2D eigenvalue weighted by atomic mass is 10.0. The van der Waals surface area contributed by atoms with Crippen molar-refractivity contribution in [1.29, 1.82) is 0 Å². The molecule has 2 saturated heterocycles. The summed E-state index contributed by atoms with van der Waals surface area (Å²) in [6.07, 6.45) is 2.21. The molecule has 0 aromatic heterocycles. The maximum atomic E-state index is 13.3. The molecule has 10 nitrogen and oxygen atoms in total. The van der Waals surface area contributed by atoms with E-state index in [0.717, 1.165) is 25.1 Å². The molecule has 2 aliphatic heterocycles. The van der Waals surface area contributed by atoms with Gasteiger partial charge in [0, 0.05) is 51.0 Å². The molecule has 12 heteroatoms. The SMILES string of the molecule is CC[C@@H]1CN(C(=O)N2CCS(=O)(=O)CC2)C[C@H](CC)N(c2ccc(OCCCS(=O)(=O)CCN)cc2)C1. The second kappa shape index (κ2) is 13.1. The van der Waals surface area contributed by atoms with E-state index in [-0.39, 0.29) is 54.7 Å². The number of amides is 2. The Hall–Kier alpha value is -2.05. The van der Waals surface area contributed by atoms with Gasteiger partial charge in [-0.3, -0.25) is 0 Å². The fraction of sp³-hybridized carbons (Fsp3) is 0.720. The lowest BCUT2D eigenvalue weighted by Gasteiger charge is -2.35. The fourth-order valence-electron chi connectivity index (χ4n) is 4.89. The number of rotatable bonds is 10. The minimum absolute atomic E-state index is 0.00214. The quantitative estimate of drug-likeness (QED) is 0.429. The molecule has 0 radical (unpaired) electrons. The van der Waals surface area contributed by atoms with E-state index >= 15 is 0 Å². The van der Waals surface area contributed by atoms with E-state index in [1.807, 2.05) is 29.2 Å². The van der Waals surface area contributed by atoms with Gasteiger partial charge in [-0.25, -0.2) is 21.6 Å². The smallest absolute Gasteiger partial charge is 0.320 e. The number of anilines is 1. The molecule has 2 fully saturated rings. The van der Waals surface area contributed by atoms with Gasteiger partial charge in [0.25, 0.3) is 0 Å². The summed E-state index contributed by atoms with van der Waals surface area (Å²) in [6, 6.07) is 7.91. The first-order chi connectivity index (χ1) is 17.6. The van der Waals surface area contributed by atoms with Crippen LogP contribution in [0.5, 0.6) is 5.75 Å². The van der Waals surface area contributed by atoms with Crippen molar-refractivity contribution in [3.63, 3.8) is 0 Å². The molecule has 0 spiro atoms. The molecule has 2 heterocycles. The molecule has 0 unspecified atom stereocenters. The number of carbonyl (C=O) groups excluding carboxylic acids is 1. The van der Waals surface area contributed by atoms with Crippen molar-refractivity contribution in [1.82, 2.24) is 9.80 Å². The monoisotopic (exact) mass is 558 g/mol. The van der Waals surface area contributed by atoms with Gasteiger partial charge in [-0.2, -0.15) is 0 Å². The highest BCUT2D eigenvalue weighted by molar-refractivity contribution is 7.91. The minimum Gasteiger partial charge on any atom is -0.494 e. The molecule has 1 aromatic rings. The van der Waals surface area contributed by atoms with Gasteiger partial charge in [-0.1, -0.05) is 13.8 Å². The molecule has 3 rings (SSSR count). The van der Waals surface area contributed by atoms with Crippen LogP contribution < -0.4 is 15.4 Å². The largest absolute Gasteiger partial charge is 0.494 e. The molecular weight excluding hydrogens is 516 g/mol. The fourth-order valence-corrected chi connectivity index (χ4v) is 7.21. The van der Waals surface area contributed by atoms with Gasteiger partial charge in [-0.15, -0.1) is 0 Å². The summed E-state index contributed by atoms with van der Waals surface area (Å²) in [5.74, 6) is 1.11. The third kappa shape index (κ3) is 8.47. The Morgan fingerprint density at radius 2 is 1.68 bits per heavy atom. The molecule has 37 heavy (non-hydrogen) atoms. The van der Waals surface area contributed by atoms with Crippen molar-refractivity contribution in [2.24, 2.45) is 11.7 Å². The van der Waals surface area contributed by atoms with E-state index in [9.17, 15) is 21.6 Å². The van der Waals surface area contributed by atoms with E-state index < -0.39 is 19.7 Å². The first-order valence-electron chi connectivity index (χ1n) is 13.2. The summed E-state index contributed by atoms with van der Waals surface area (Å²) >= 11 is 0. The van der Waals surface area contributed by atoms with Crippen molar-refractivity contribution in [3.05, 3.63) is 24.3 Å². The number of ether oxygens (including phenoxy) is 1. The molecule has 0 bridgehead atoms. The number of hydrogen-bond donors (Lipinski definition) is 1. The average molecular weight is 559 g/mol. The molecule has 2 amide bonds. The van der Waals surface area contributed by atoms with Crippen LogP contribution in [-0.4, -0.2) is 108 Å². The van der Waals surface area contributed by atoms with Gasteiger partial charge in [0.15, 0.2) is 19.7 Å². The van der Waals surface area contributed by atoms with Crippen LogP contribution in [0, 0.1) is 5.92 Å². The standard InChI is InChI=1S/C25H42N4O6S2/c1-3-21-18-28(25(30)27-11-16-37(33,34)17-12-27)20-22(4-2)29(19-21)23-6-8-24(9-7-23)35-13-5-14-36(31,32)15-10-26/h6-9,21-22H,3-5,10-20,26H2,1-2H3/t21-,22+/m1/s1. The van der Waals surface area contributed by atoms with Crippen LogP contribution in [-0.2, 0) is 19.7 Å². The van der Waals surface area contributed by atoms with Crippen molar-refractivity contribution in [2.75, 3.05) is 73.8 Å². The van der Waals surface area contributed by atoms with Crippen molar-refractivity contribution in [2.45, 2.75) is 39.2 Å². The van der Waals surface area contributed by atoms with E-state index in [1.54, 1.807) is 4.90 Å². The number of hydrogen-bond acceptors (Lipinski definition) is 8. The van der Waals surface area contributed by atoms with Crippen molar-refractivity contribution >= 4 is 31.4 Å². The molecule has 2 atom stereocenters. The van der Waals surface area contributed by atoms with Gasteiger partial charge in [0.1, 0.15) is 5.75 Å². The van der Waals surface area contributed by atoms with E-state index in [2.05, 4.69) is 18.7 Å². The summed E-state index contributed by atoms with van der Waals surface area (Å²) in [5, 5.41) is 0. The molecule has 2 N–H and O–H groups in total. The van der Waals surface area contributed by atoms with Gasteiger partial charge < -0.3 is 25.2 Å². The zero-order chi connectivity index (χ0) is 27.1. The predicted molar refractivity (Wildman–Crippen MR) is 147 cm³/mol. The van der Waals surface area contributed by atoms with Gasteiger partial charge in [0.2, 0.25) is 0 Å². The maximum Gasteiger partial charge on any atom is 0.320 e. The Morgan fingerprint density at radius 1 is 1.00 bits per heavy atom. The van der Waals surface area contributed by atoms with Crippen LogP contribution in [0.15, 0.2) is 24.3 Å². The van der Waals surface area contributed by atoms with Crippen LogP contribution in [0.4, 0.5) is 10.5 Å². The Morgan fingerprint density at radius 3 is 2.27 bits per heavy atom. The Kier molecular flexibility index (Phi) is 10.5. The zero-order valence-corrected chi connectivity index (χ0v) is 23.7. The van der Waals surface area contributed by atoms with Gasteiger partial charge in [-0.05, 0) is 49.4 Å². The lowest BCUT2D eigenvalue weighted by molar-refractivity contribution is 0.150. The van der Waals surface area contributed by atoms with Crippen LogP contribution in [0.1, 0.15) is 33.1 Å². The molecule has 210 valence electrons. The number of sulfone groups is 2. The normalized spacial score (nSPS) is 22.5. The molecule has 2 aliphatic rings. The summed E-state index contributed by atoms with van der Waals surface area (Å²) in [6.45, 7) is 7.29. The van der Waals surface area contributed by atoms with Crippen LogP contribution in [0.3, 0.4) is 0 Å². The number of nitrogens with zero attached hydrogens (tertiary/aromatic N) is 3.